The Balaban J connectivity index is 2.55. The van der Waals surface area contributed by atoms with Crippen LogP contribution < -0.4 is 4.80 Å². The number of ether oxygens (including phenoxy) is 1. The molecule has 5 heteroatoms. The number of aromatic nitrogens is 1. The van der Waals surface area contributed by atoms with Crippen molar-refractivity contribution < 1.29 is 9.53 Å². The van der Waals surface area contributed by atoms with Crippen LogP contribution >= 0.6 is 11.3 Å². The van der Waals surface area contributed by atoms with Gasteiger partial charge in [0.25, 0.3) is 0 Å². The molecule has 22 heavy (non-hydrogen) atoms. The molecule has 0 aliphatic heterocycles. The predicted octanol–water partition coefficient (Wildman–Crippen LogP) is 3.58. The fraction of sp³-hybridized carbons (Fsp3) is 0.529. The number of hydrogen-bond acceptors (Lipinski definition) is 3. The lowest BCUT2D eigenvalue weighted by Gasteiger charge is -2.08. The molecule has 2 aromatic rings. The van der Waals surface area contributed by atoms with Crippen LogP contribution in [0, 0.1) is 13.8 Å². The lowest BCUT2D eigenvalue weighted by atomic mass is 10.1. The summed E-state index contributed by atoms with van der Waals surface area (Å²) in [5.41, 5.74) is 3.61. The fourth-order valence-corrected chi connectivity index (χ4v) is 3.81. The third-order valence-corrected chi connectivity index (χ3v) is 4.48. The van der Waals surface area contributed by atoms with E-state index in [4.69, 9.17) is 4.74 Å². The second kappa shape index (κ2) is 7.70. The van der Waals surface area contributed by atoms with E-state index in [2.05, 4.69) is 35.5 Å². The minimum atomic E-state index is -0.0476. The van der Waals surface area contributed by atoms with Crippen molar-refractivity contribution in [2.24, 2.45) is 4.99 Å². The highest BCUT2D eigenvalue weighted by atomic mass is 32.1. The molecule has 0 spiro atoms. The summed E-state index contributed by atoms with van der Waals surface area (Å²) in [6.45, 7) is 10.2. The zero-order chi connectivity index (χ0) is 16.1. The van der Waals surface area contributed by atoms with Crippen molar-refractivity contribution >= 4 is 27.5 Å². The van der Waals surface area contributed by atoms with Crippen LogP contribution in [-0.4, -0.2) is 23.7 Å². The molecule has 0 N–H and O–H groups in total. The first-order chi connectivity index (χ1) is 10.6. The van der Waals surface area contributed by atoms with Crippen LogP contribution in [0.4, 0.5) is 0 Å². The number of fused-ring (bicyclic) bond motifs is 1. The molecule has 0 aliphatic rings. The maximum Gasteiger partial charge on any atom is 0.248 e. The maximum atomic E-state index is 11.9. The summed E-state index contributed by atoms with van der Waals surface area (Å²) < 4.78 is 8.78. The van der Waals surface area contributed by atoms with Crippen LogP contribution in [0.25, 0.3) is 10.2 Å². The van der Waals surface area contributed by atoms with E-state index in [-0.39, 0.29) is 5.91 Å². The highest BCUT2D eigenvalue weighted by Gasteiger charge is 2.10. The van der Waals surface area contributed by atoms with Crippen molar-refractivity contribution in [2.75, 3.05) is 13.2 Å². The van der Waals surface area contributed by atoms with E-state index < -0.39 is 0 Å². The van der Waals surface area contributed by atoms with Crippen LogP contribution in [0.3, 0.4) is 0 Å². The molecule has 1 aromatic carbocycles. The highest BCUT2D eigenvalue weighted by molar-refractivity contribution is 7.16. The van der Waals surface area contributed by atoms with E-state index in [1.807, 2.05) is 13.8 Å². The molecule has 0 unspecified atom stereocenters. The number of aryl methyl sites for hydroxylation is 2. The standard InChI is InChI=1S/C17H24N2O2S/c1-5-7-15(20)18-17-19(8-9-21-6-2)16-13(4)10-12(3)11-14(16)22-17/h10-11H,5-9H2,1-4H3. The lowest BCUT2D eigenvalue weighted by molar-refractivity contribution is -0.118. The molecule has 0 bridgehead atoms. The van der Waals surface area contributed by atoms with E-state index >= 15 is 0 Å². The second-order valence-corrected chi connectivity index (χ2v) is 6.43. The van der Waals surface area contributed by atoms with Gasteiger partial charge in [-0.05, 0) is 44.4 Å². The van der Waals surface area contributed by atoms with Crippen LogP contribution in [0.5, 0.6) is 0 Å². The first-order valence-electron chi connectivity index (χ1n) is 7.82. The molecule has 120 valence electrons. The van der Waals surface area contributed by atoms with Gasteiger partial charge in [-0.25, -0.2) is 0 Å². The third-order valence-electron chi connectivity index (χ3n) is 3.46. The van der Waals surface area contributed by atoms with E-state index in [1.165, 1.54) is 21.3 Å². The van der Waals surface area contributed by atoms with Gasteiger partial charge >= 0.3 is 0 Å². The van der Waals surface area contributed by atoms with Gasteiger partial charge in [0.2, 0.25) is 5.91 Å². The fourth-order valence-electron chi connectivity index (χ4n) is 2.56. The number of benzene rings is 1. The molecule has 1 heterocycles. The summed E-state index contributed by atoms with van der Waals surface area (Å²) in [4.78, 5) is 17.0. The Hall–Kier alpha value is -1.46. The van der Waals surface area contributed by atoms with Crippen LogP contribution in [0.15, 0.2) is 17.1 Å². The minimum absolute atomic E-state index is 0.0476. The summed E-state index contributed by atoms with van der Waals surface area (Å²) in [5.74, 6) is -0.0476. The van der Waals surface area contributed by atoms with Gasteiger partial charge in [0, 0.05) is 19.6 Å². The smallest absolute Gasteiger partial charge is 0.248 e. The van der Waals surface area contributed by atoms with Gasteiger partial charge < -0.3 is 9.30 Å². The van der Waals surface area contributed by atoms with E-state index in [0.29, 0.717) is 19.6 Å². The van der Waals surface area contributed by atoms with E-state index in [0.717, 1.165) is 17.8 Å². The van der Waals surface area contributed by atoms with Crippen molar-refractivity contribution in [1.29, 1.82) is 0 Å². The molecule has 1 amide bonds. The molecule has 0 atom stereocenters. The van der Waals surface area contributed by atoms with Crippen LogP contribution in [0.2, 0.25) is 0 Å². The number of thiazole rings is 1. The Labute approximate surface area is 135 Å². The maximum absolute atomic E-state index is 11.9. The molecule has 1 aromatic heterocycles. The van der Waals surface area contributed by atoms with Gasteiger partial charge in [-0.1, -0.05) is 24.3 Å². The number of carbonyl (C=O) groups excluding carboxylic acids is 1. The molecule has 0 saturated carbocycles. The SMILES string of the molecule is CCCC(=O)N=c1sc2cc(C)cc(C)c2n1CCOCC. The van der Waals surface area contributed by atoms with Crippen LogP contribution in [0.1, 0.15) is 37.8 Å². The largest absolute Gasteiger partial charge is 0.380 e. The Bertz CT molecular complexity index is 728. The minimum Gasteiger partial charge on any atom is -0.380 e. The number of amides is 1. The number of rotatable bonds is 6. The summed E-state index contributed by atoms with van der Waals surface area (Å²) >= 11 is 1.58. The van der Waals surface area contributed by atoms with Gasteiger partial charge in [0.05, 0.1) is 16.8 Å². The summed E-state index contributed by atoms with van der Waals surface area (Å²) in [7, 11) is 0. The van der Waals surface area contributed by atoms with Gasteiger partial charge in [-0.15, -0.1) is 0 Å². The molecule has 0 saturated heterocycles. The molecule has 2 rings (SSSR count). The van der Waals surface area contributed by atoms with Gasteiger partial charge in [0.15, 0.2) is 4.80 Å². The Morgan fingerprint density at radius 1 is 1.32 bits per heavy atom. The zero-order valence-electron chi connectivity index (χ0n) is 13.8. The zero-order valence-corrected chi connectivity index (χ0v) is 14.6. The van der Waals surface area contributed by atoms with Crippen molar-refractivity contribution in [3.8, 4) is 0 Å². The third kappa shape index (κ3) is 3.84. The monoisotopic (exact) mass is 320 g/mol. The van der Waals surface area contributed by atoms with Crippen molar-refractivity contribution in [1.82, 2.24) is 4.57 Å². The summed E-state index contributed by atoms with van der Waals surface area (Å²) in [5, 5.41) is 0. The van der Waals surface area contributed by atoms with E-state index in [1.54, 1.807) is 11.3 Å². The number of nitrogens with zero attached hydrogens (tertiary/aromatic N) is 2. The number of carbonyl (C=O) groups is 1. The van der Waals surface area contributed by atoms with Crippen LogP contribution in [-0.2, 0) is 16.1 Å². The molecular weight excluding hydrogens is 296 g/mol. The lowest BCUT2D eigenvalue weighted by Crippen LogP contribution is -2.20. The molecular formula is C17H24N2O2S. The van der Waals surface area contributed by atoms with E-state index in [9.17, 15) is 4.79 Å². The molecule has 0 radical (unpaired) electrons. The first-order valence-corrected chi connectivity index (χ1v) is 8.64. The Morgan fingerprint density at radius 2 is 2.09 bits per heavy atom. The van der Waals surface area contributed by atoms with Gasteiger partial charge in [0.1, 0.15) is 0 Å². The highest BCUT2D eigenvalue weighted by Crippen LogP contribution is 2.23. The normalized spacial score (nSPS) is 12.3. The molecule has 0 fully saturated rings. The van der Waals surface area contributed by atoms with Crippen molar-refractivity contribution in [3.05, 3.63) is 28.1 Å². The number of hydrogen-bond donors (Lipinski definition) is 0. The second-order valence-electron chi connectivity index (χ2n) is 5.42. The molecule has 4 nitrogen and oxygen atoms in total. The molecule has 0 aliphatic carbocycles. The van der Waals surface area contributed by atoms with Crippen molar-refractivity contribution in [3.63, 3.8) is 0 Å². The quantitative estimate of drug-likeness (QED) is 0.764. The topological polar surface area (TPSA) is 43.6 Å². The van der Waals surface area contributed by atoms with Crippen molar-refractivity contribution in [2.45, 2.75) is 47.1 Å². The Kier molecular flexibility index (Phi) is 5.91. The summed E-state index contributed by atoms with van der Waals surface area (Å²) in [6.07, 6.45) is 1.32. The Morgan fingerprint density at radius 3 is 2.77 bits per heavy atom. The average molecular weight is 320 g/mol. The summed E-state index contributed by atoms with van der Waals surface area (Å²) in [6, 6.07) is 4.33. The predicted molar refractivity (Wildman–Crippen MR) is 91.3 cm³/mol. The average Bonchev–Trinajstić information content (AvgIpc) is 2.77. The van der Waals surface area contributed by atoms with Gasteiger partial charge in [-0.2, -0.15) is 4.99 Å². The van der Waals surface area contributed by atoms with Gasteiger partial charge in [-0.3, -0.25) is 4.79 Å². The first kappa shape index (κ1) is 16.9.